The third-order valence-corrected chi connectivity index (χ3v) is 11.3. The van der Waals surface area contributed by atoms with Crippen LogP contribution in [0.3, 0.4) is 0 Å². The highest BCUT2D eigenvalue weighted by Gasteiger charge is 2.47. The van der Waals surface area contributed by atoms with Crippen LogP contribution in [0.2, 0.25) is 0 Å². The molecule has 2 aromatic heterocycles. The number of fused-ring (bicyclic) bond motifs is 7. The molecule has 262 valence electrons. The van der Waals surface area contributed by atoms with Crippen LogP contribution in [0.4, 0.5) is 0 Å². The second-order valence-corrected chi connectivity index (χ2v) is 14.4. The molecule has 0 atom stereocenters. The van der Waals surface area contributed by atoms with Gasteiger partial charge in [-0.3, -0.25) is 4.57 Å². The van der Waals surface area contributed by atoms with Gasteiger partial charge in [-0.2, -0.15) is 9.97 Å². The Kier molecular flexibility index (Phi) is 7.36. The summed E-state index contributed by atoms with van der Waals surface area (Å²) in [6, 6.07) is 73.4. The van der Waals surface area contributed by atoms with Gasteiger partial charge in [-0.1, -0.05) is 188 Å². The van der Waals surface area contributed by atoms with Gasteiger partial charge in [0.05, 0.1) is 16.4 Å². The minimum Gasteiger partial charge on any atom is -0.278 e. The summed E-state index contributed by atoms with van der Waals surface area (Å²) in [7, 11) is 0. The number of rotatable bonds is 6. The van der Waals surface area contributed by atoms with Gasteiger partial charge >= 0.3 is 0 Å². The van der Waals surface area contributed by atoms with E-state index in [9.17, 15) is 0 Å². The van der Waals surface area contributed by atoms with Crippen LogP contribution in [0, 0.1) is 0 Å². The van der Waals surface area contributed by atoms with Crippen LogP contribution < -0.4 is 0 Å². The van der Waals surface area contributed by atoms with E-state index in [1.807, 2.05) is 36.4 Å². The van der Waals surface area contributed by atoms with Crippen LogP contribution in [0.1, 0.15) is 22.3 Å². The lowest BCUT2D eigenvalue weighted by Gasteiger charge is -2.33. The summed E-state index contributed by atoms with van der Waals surface area (Å²) >= 11 is 0. The third kappa shape index (κ3) is 4.83. The molecule has 0 amide bonds. The lowest BCUT2D eigenvalue weighted by atomic mass is 9.67. The third-order valence-electron chi connectivity index (χ3n) is 11.3. The first-order valence-corrected chi connectivity index (χ1v) is 19.0. The molecule has 0 fully saturated rings. The van der Waals surface area contributed by atoms with E-state index in [1.165, 1.54) is 44.3 Å². The molecule has 56 heavy (non-hydrogen) atoms. The Morgan fingerprint density at radius 1 is 0.375 bits per heavy atom. The van der Waals surface area contributed by atoms with Crippen molar-refractivity contribution in [3.8, 4) is 51.0 Å². The summed E-state index contributed by atoms with van der Waals surface area (Å²) in [5.41, 5.74) is 13.2. The van der Waals surface area contributed by atoms with Gasteiger partial charge in [-0.25, -0.2) is 4.98 Å². The van der Waals surface area contributed by atoms with E-state index < -0.39 is 5.41 Å². The first-order chi connectivity index (χ1) is 27.8. The second-order valence-electron chi connectivity index (χ2n) is 14.4. The maximum Gasteiger partial charge on any atom is 0.238 e. The van der Waals surface area contributed by atoms with Crippen LogP contribution in [0.15, 0.2) is 206 Å². The van der Waals surface area contributed by atoms with Gasteiger partial charge in [0.15, 0.2) is 11.6 Å². The lowest BCUT2D eigenvalue weighted by molar-refractivity contribution is 0.769. The fourth-order valence-electron chi connectivity index (χ4n) is 8.97. The maximum absolute atomic E-state index is 5.25. The highest BCUT2D eigenvalue weighted by molar-refractivity contribution is 6.19. The molecule has 4 nitrogen and oxygen atoms in total. The van der Waals surface area contributed by atoms with Crippen molar-refractivity contribution < 1.29 is 0 Å². The molecular weight excluding hydrogens is 681 g/mol. The van der Waals surface area contributed by atoms with E-state index in [4.69, 9.17) is 15.0 Å². The van der Waals surface area contributed by atoms with Crippen molar-refractivity contribution in [1.82, 2.24) is 19.5 Å². The molecule has 0 unspecified atom stereocenters. The maximum atomic E-state index is 5.25. The summed E-state index contributed by atoms with van der Waals surface area (Å²) < 4.78 is 2.24. The SMILES string of the molecule is c1ccc(-c2ccc3c(c2)c2c4c(ccc2n3-c2nc(-c3ccccc3)nc(-c3ccccc3)n2)C(c2ccccc2)(c2ccccc2)c2ccccc2-4)cc1. The van der Waals surface area contributed by atoms with Crippen LogP contribution in [0.5, 0.6) is 0 Å². The molecule has 0 saturated heterocycles. The Morgan fingerprint density at radius 2 is 0.875 bits per heavy atom. The van der Waals surface area contributed by atoms with Gasteiger partial charge in [-0.15, -0.1) is 0 Å². The average Bonchev–Trinajstić information content (AvgIpc) is 3.78. The standard InChI is InChI=1S/C52H34N4/c1-6-18-35(19-7-1)38-30-32-45-42(34-38)48-46(56(45)51-54-49(36-20-8-2-9-21-36)53-50(55-51)37-22-10-3-11-23-37)33-31-44-47(48)41-28-16-17-29-43(41)52(44,39-24-12-4-13-25-39)40-26-14-5-15-27-40/h1-34H. The zero-order valence-electron chi connectivity index (χ0n) is 30.4. The van der Waals surface area contributed by atoms with E-state index in [0.717, 1.165) is 33.1 Å². The molecule has 1 aliphatic carbocycles. The van der Waals surface area contributed by atoms with Gasteiger partial charge in [0.1, 0.15) is 0 Å². The van der Waals surface area contributed by atoms with Gasteiger partial charge in [0.25, 0.3) is 0 Å². The quantitative estimate of drug-likeness (QED) is 0.172. The molecule has 1 aliphatic rings. The normalized spacial score (nSPS) is 12.8. The van der Waals surface area contributed by atoms with Gasteiger partial charge < -0.3 is 0 Å². The molecule has 0 bridgehead atoms. The second kappa shape index (κ2) is 12.9. The Balaban J connectivity index is 1.29. The molecule has 11 rings (SSSR count). The number of benzene rings is 8. The number of aromatic nitrogens is 4. The Hall–Kier alpha value is -7.43. The topological polar surface area (TPSA) is 43.6 Å². The van der Waals surface area contributed by atoms with Gasteiger partial charge in [0.2, 0.25) is 5.95 Å². The van der Waals surface area contributed by atoms with E-state index in [2.05, 4.69) is 174 Å². The molecule has 0 N–H and O–H groups in total. The average molecular weight is 715 g/mol. The van der Waals surface area contributed by atoms with Crippen LogP contribution in [-0.4, -0.2) is 19.5 Å². The molecule has 0 aliphatic heterocycles. The molecule has 0 spiro atoms. The lowest BCUT2D eigenvalue weighted by Crippen LogP contribution is -2.28. The zero-order valence-corrected chi connectivity index (χ0v) is 30.4. The Bertz CT molecular complexity index is 2950. The highest BCUT2D eigenvalue weighted by Crippen LogP contribution is 2.58. The molecule has 10 aromatic rings. The minimum atomic E-state index is -0.526. The van der Waals surface area contributed by atoms with E-state index in [-0.39, 0.29) is 0 Å². The van der Waals surface area contributed by atoms with Crippen molar-refractivity contribution in [2.24, 2.45) is 0 Å². The largest absolute Gasteiger partial charge is 0.278 e. The number of hydrogen-bond donors (Lipinski definition) is 0. The van der Waals surface area contributed by atoms with Crippen molar-refractivity contribution >= 4 is 21.8 Å². The van der Waals surface area contributed by atoms with Crippen molar-refractivity contribution in [3.63, 3.8) is 0 Å². The van der Waals surface area contributed by atoms with Crippen LogP contribution in [-0.2, 0) is 5.41 Å². The predicted molar refractivity (Wildman–Crippen MR) is 228 cm³/mol. The van der Waals surface area contributed by atoms with Crippen molar-refractivity contribution in [2.75, 3.05) is 0 Å². The van der Waals surface area contributed by atoms with Gasteiger partial charge in [0, 0.05) is 21.9 Å². The molecule has 8 aromatic carbocycles. The van der Waals surface area contributed by atoms with Crippen LogP contribution >= 0.6 is 0 Å². The van der Waals surface area contributed by atoms with E-state index in [1.54, 1.807) is 0 Å². The Labute approximate surface area is 325 Å². The van der Waals surface area contributed by atoms with Crippen molar-refractivity contribution in [2.45, 2.75) is 5.41 Å². The summed E-state index contributed by atoms with van der Waals surface area (Å²) in [6.45, 7) is 0. The smallest absolute Gasteiger partial charge is 0.238 e. The predicted octanol–water partition coefficient (Wildman–Crippen LogP) is 12.3. The Morgan fingerprint density at radius 3 is 1.46 bits per heavy atom. The van der Waals surface area contributed by atoms with E-state index >= 15 is 0 Å². The molecular formula is C52H34N4. The molecule has 4 heteroatoms. The summed E-state index contributed by atoms with van der Waals surface area (Å²) in [4.78, 5) is 15.5. The monoisotopic (exact) mass is 714 g/mol. The summed E-state index contributed by atoms with van der Waals surface area (Å²) in [5.74, 6) is 1.84. The fraction of sp³-hybridized carbons (Fsp3) is 0.0192. The first kappa shape index (κ1) is 32.0. The molecule has 2 heterocycles. The summed E-state index contributed by atoms with van der Waals surface area (Å²) in [6.07, 6.45) is 0. The minimum absolute atomic E-state index is 0.526. The zero-order chi connectivity index (χ0) is 37.1. The van der Waals surface area contributed by atoms with Crippen molar-refractivity contribution in [1.29, 1.82) is 0 Å². The highest BCUT2D eigenvalue weighted by atomic mass is 15.2. The van der Waals surface area contributed by atoms with E-state index in [0.29, 0.717) is 17.6 Å². The first-order valence-electron chi connectivity index (χ1n) is 19.0. The summed E-state index contributed by atoms with van der Waals surface area (Å²) in [5, 5.41) is 2.33. The molecule has 0 saturated carbocycles. The number of hydrogen-bond acceptors (Lipinski definition) is 3. The van der Waals surface area contributed by atoms with Crippen LogP contribution in [0.25, 0.3) is 72.8 Å². The van der Waals surface area contributed by atoms with Gasteiger partial charge in [-0.05, 0) is 62.7 Å². The number of nitrogens with zero attached hydrogens (tertiary/aromatic N) is 4. The van der Waals surface area contributed by atoms with Crippen molar-refractivity contribution in [3.05, 3.63) is 229 Å². The molecule has 0 radical (unpaired) electrons. The fourth-order valence-corrected chi connectivity index (χ4v) is 8.97.